The van der Waals surface area contributed by atoms with Crippen molar-refractivity contribution in [1.82, 2.24) is 34.1 Å². The smallest absolute Gasteiger partial charge is 0.203 e. The summed E-state index contributed by atoms with van der Waals surface area (Å²) in [5.74, 6) is 3.11. The van der Waals surface area contributed by atoms with Gasteiger partial charge in [-0.05, 0) is 39.8 Å². The number of imidazole rings is 1. The third kappa shape index (κ3) is 4.05. The maximum atomic E-state index is 5.51. The van der Waals surface area contributed by atoms with E-state index in [1.54, 1.807) is 7.11 Å². The van der Waals surface area contributed by atoms with Crippen molar-refractivity contribution in [3.63, 3.8) is 0 Å². The van der Waals surface area contributed by atoms with Crippen LogP contribution >= 0.6 is 0 Å². The number of aryl methyl sites for hydroxylation is 1. The Kier molecular flexibility index (Phi) is 6.05. The van der Waals surface area contributed by atoms with Gasteiger partial charge in [0.05, 0.1) is 25.9 Å². The average Bonchev–Trinajstić information content (AvgIpc) is 3.40. The summed E-state index contributed by atoms with van der Waals surface area (Å²) in [7, 11) is 1.71. The van der Waals surface area contributed by atoms with Crippen LogP contribution in [0.1, 0.15) is 32.6 Å². The number of nitrogens with one attached hydrogen (secondary N) is 1. The number of nitrogens with zero attached hydrogens (tertiary/aromatic N) is 8. The second-order valence-corrected chi connectivity index (χ2v) is 8.94. The Morgan fingerprint density at radius 1 is 1.06 bits per heavy atom. The number of fused-ring (bicyclic) bond motifs is 2. The lowest BCUT2D eigenvalue weighted by Crippen LogP contribution is -2.36. The molecule has 0 saturated carbocycles. The van der Waals surface area contributed by atoms with Crippen LogP contribution in [0.25, 0.3) is 28.3 Å². The lowest BCUT2D eigenvalue weighted by atomic mass is 10.3. The van der Waals surface area contributed by atoms with E-state index in [9.17, 15) is 0 Å². The summed E-state index contributed by atoms with van der Waals surface area (Å²) >= 11 is 0. The molecule has 1 aliphatic rings. The summed E-state index contributed by atoms with van der Waals surface area (Å²) in [4.78, 5) is 17.2. The number of morpholine rings is 1. The molecule has 11 nitrogen and oxygen atoms in total. The van der Waals surface area contributed by atoms with Gasteiger partial charge in [0.2, 0.25) is 5.65 Å². The van der Waals surface area contributed by atoms with E-state index >= 15 is 0 Å². The Labute approximate surface area is 198 Å². The summed E-state index contributed by atoms with van der Waals surface area (Å²) in [6.45, 7) is 11.7. The van der Waals surface area contributed by atoms with Crippen LogP contribution in [0.4, 0.5) is 11.6 Å². The van der Waals surface area contributed by atoms with Crippen molar-refractivity contribution in [2.24, 2.45) is 0 Å². The van der Waals surface area contributed by atoms with Gasteiger partial charge in [0.25, 0.3) is 0 Å². The van der Waals surface area contributed by atoms with E-state index in [2.05, 4.69) is 45.8 Å². The van der Waals surface area contributed by atoms with Crippen LogP contribution in [0.5, 0.6) is 0 Å². The number of hydrogen-bond donors (Lipinski definition) is 1. The molecule has 5 heterocycles. The normalized spacial score (nSPS) is 15.5. The second kappa shape index (κ2) is 9.15. The summed E-state index contributed by atoms with van der Waals surface area (Å²) < 4.78 is 15.1. The number of aromatic nitrogens is 7. The van der Waals surface area contributed by atoms with Gasteiger partial charge < -0.3 is 24.3 Å². The largest absolute Gasteiger partial charge is 0.383 e. The van der Waals surface area contributed by atoms with E-state index in [0.29, 0.717) is 37.0 Å². The highest BCUT2D eigenvalue weighted by Gasteiger charge is 2.23. The van der Waals surface area contributed by atoms with Gasteiger partial charge in [0.15, 0.2) is 17.3 Å². The Morgan fingerprint density at radius 2 is 1.85 bits per heavy atom. The summed E-state index contributed by atoms with van der Waals surface area (Å²) in [6.07, 6.45) is 1.94. The Bertz CT molecular complexity index is 1310. The molecule has 1 fully saturated rings. The highest BCUT2D eigenvalue weighted by Crippen LogP contribution is 2.30. The van der Waals surface area contributed by atoms with E-state index in [-0.39, 0.29) is 12.1 Å². The van der Waals surface area contributed by atoms with Crippen LogP contribution in [0.3, 0.4) is 0 Å². The fourth-order valence-corrected chi connectivity index (χ4v) is 4.33. The quantitative estimate of drug-likeness (QED) is 0.441. The van der Waals surface area contributed by atoms with Gasteiger partial charge in [-0.2, -0.15) is 0 Å². The van der Waals surface area contributed by atoms with Gasteiger partial charge in [-0.3, -0.25) is 4.40 Å². The summed E-state index contributed by atoms with van der Waals surface area (Å²) in [6, 6.07) is 4.25. The minimum Gasteiger partial charge on any atom is -0.383 e. The molecule has 0 bridgehead atoms. The molecule has 5 rings (SSSR count). The third-order valence-electron chi connectivity index (χ3n) is 5.92. The van der Waals surface area contributed by atoms with Crippen LogP contribution in [0.2, 0.25) is 0 Å². The molecule has 11 heteroatoms. The highest BCUT2D eigenvalue weighted by atomic mass is 16.5. The Morgan fingerprint density at radius 3 is 2.59 bits per heavy atom. The molecule has 0 spiro atoms. The van der Waals surface area contributed by atoms with E-state index in [0.717, 1.165) is 41.7 Å². The number of anilines is 2. The van der Waals surface area contributed by atoms with Gasteiger partial charge >= 0.3 is 0 Å². The molecule has 34 heavy (non-hydrogen) atoms. The number of methoxy groups -OCH3 is 1. The van der Waals surface area contributed by atoms with Crippen LogP contribution < -0.4 is 10.2 Å². The molecule has 1 atom stereocenters. The molecule has 0 aliphatic carbocycles. The molecule has 4 aromatic heterocycles. The van der Waals surface area contributed by atoms with Gasteiger partial charge in [0, 0.05) is 32.4 Å². The lowest BCUT2D eigenvalue weighted by molar-refractivity contribution is 0.122. The fraction of sp³-hybridized carbons (Fsp3) is 0.522. The van der Waals surface area contributed by atoms with Crippen LogP contribution in [0.15, 0.2) is 18.3 Å². The van der Waals surface area contributed by atoms with Gasteiger partial charge in [0.1, 0.15) is 22.9 Å². The Balaban J connectivity index is 1.70. The minimum atomic E-state index is -0.00143. The molecular weight excluding hydrogens is 434 g/mol. The number of ether oxygens (including phenoxy) is 2. The summed E-state index contributed by atoms with van der Waals surface area (Å²) in [5.41, 5.74) is 3.03. The minimum absolute atomic E-state index is 0.00143. The van der Waals surface area contributed by atoms with Crippen molar-refractivity contribution in [3.8, 4) is 11.5 Å². The monoisotopic (exact) mass is 465 g/mol. The average molecular weight is 466 g/mol. The molecule has 0 radical (unpaired) electrons. The zero-order valence-electron chi connectivity index (χ0n) is 20.3. The second-order valence-electron chi connectivity index (χ2n) is 8.94. The number of rotatable bonds is 7. The van der Waals surface area contributed by atoms with Crippen LogP contribution in [0, 0.1) is 6.92 Å². The van der Waals surface area contributed by atoms with Gasteiger partial charge in [-0.15, -0.1) is 10.2 Å². The molecule has 1 N–H and O–H groups in total. The van der Waals surface area contributed by atoms with Crippen LogP contribution in [-0.2, 0) is 9.47 Å². The van der Waals surface area contributed by atoms with Crippen molar-refractivity contribution in [1.29, 1.82) is 0 Å². The lowest BCUT2D eigenvalue weighted by Gasteiger charge is -2.27. The molecular formula is C23H31N9O2. The van der Waals surface area contributed by atoms with Crippen LogP contribution in [-0.4, -0.2) is 80.2 Å². The highest BCUT2D eigenvalue weighted by molar-refractivity contribution is 5.79. The molecule has 4 aromatic rings. The van der Waals surface area contributed by atoms with Crippen molar-refractivity contribution >= 4 is 28.4 Å². The standard InChI is InChI=1S/C23H31N9O2/c1-14(2)24-20-23-29-28-16(4)31(23)12-18(25-20)22-26-17-6-7-19(30-8-10-34-11-9-30)27-21(17)32(22)15(3)13-33-5/h6-7,12,14-15H,8-11,13H2,1-5H3,(H,24,25). The maximum absolute atomic E-state index is 5.51. The SMILES string of the molecule is COCC(C)n1c(-c2cn3c(C)nnc3c(NC(C)C)n2)nc2ccc(N3CCOCC3)nc21. The Hall–Kier alpha value is -3.31. The van der Waals surface area contributed by atoms with Gasteiger partial charge in [-0.25, -0.2) is 15.0 Å². The zero-order chi connectivity index (χ0) is 23.8. The predicted molar refractivity (Wildman–Crippen MR) is 130 cm³/mol. The van der Waals surface area contributed by atoms with Crippen molar-refractivity contribution in [3.05, 3.63) is 24.2 Å². The van der Waals surface area contributed by atoms with Gasteiger partial charge in [-0.1, -0.05) is 0 Å². The zero-order valence-corrected chi connectivity index (χ0v) is 20.3. The van der Waals surface area contributed by atoms with E-state index in [1.165, 1.54) is 0 Å². The molecule has 0 amide bonds. The van der Waals surface area contributed by atoms with Crippen molar-refractivity contribution < 1.29 is 9.47 Å². The molecule has 1 aliphatic heterocycles. The van der Waals surface area contributed by atoms with E-state index < -0.39 is 0 Å². The first kappa shape index (κ1) is 22.5. The first-order valence-corrected chi connectivity index (χ1v) is 11.7. The maximum Gasteiger partial charge on any atom is 0.203 e. The fourth-order valence-electron chi connectivity index (χ4n) is 4.33. The molecule has 0 aromatic carbocycles. The predicted octanol–water partition coefficient (Wildman–Crippen LogP) is 2.71. The van der Waals surface area contributed by atoms with Crippen molar-refractivity contribution in [2.45, 2.75) is 39.8 Å². The number of hydrogen-bond acceptors (Lipinski definition) is 9. The summed E-state index contributed by atoms with van der Waals surface area (Å²) in [5, 5.41) is 12.0. The van der Waals surface area contributed by atoms with E-state index in [1.807, 2.05) is 29.7 Å². The van der Waals surface area contributed by atoms with Crippen molar-refractivity contribution in [2.75, 3.05) is 50.2 Å². The molecule has 1 unspecified atom stereocenters. The topological polar surface area (TPSA) is 108 Å². The first-order valence-electron chi connectivity index (χ1n) is 11.7. The molecule has 180 valence electrons. The number of pyridine rings is 1. The molecule has 1 saturated heterocycles. The third-order valence-corrected chi connectivity index (χ3v) is 5.92. The van der Waals surface area contributed by atoms with E-state index in [4.69, 9.17) is 24.4 Å². The first-order chi connectivity index (χ1) is 16.5.